The number of nitrogens with one attached hydrogen (secondary N) is 1. The van der Waals surface area contributed by atoms with Crippen LogP contribution in [0.25, 0.3) is 0 Å². The molecule has 86 valence electrons. The first-order valence-electron chi connectivity index (χ1n) is 5.12. The zero-order chi connectivity index (χ0) is 11.5. The van der Waals surface area contributed by atoms with Crippen molar-refractivity contribution in [1.82, 2.24) is 0 Å². The molecule has 0 amide bonds. The standard InChI is InChI=1S/C11H12F2N2S/c1-2-7-6-16-11(14-7)15-10-8(12)4-3-5-9(10)13/h3-5,7H,2,6H2,1H3,(H,14,15). The van der Waals surface area contributed by atoms with Gasteiger partial charge in [0.15, 0.2) is 5.17 Å². The van der Waals surface area contributed by atoms with Gasteiger partial charge in [-0.1, -0.05) is 24.8 Å². The molecule has 0 aliphatic carbocycles. The molecule has 16 heavy (non-hydrogen) atoms. The fraction of sp³-hybridized carbons (Fsp3) is 0.364. The van der Waals surface area contributed by atoms with Crippen LogP contribution >= 0.6 is 11.8 Å². The van der Waals surface area contributed by atoms with Crippen molar-refractivity contribution in [2.45, 2.75) is 19.4 Å². The van der Waals surface area contributed by atoms with Crippen LogP contribution in [0, 0.1) is 11.6 Å². The number of amidine groups is 1. The van der Waals surface area contributed by atoms with E-state index in [2.05, 4.69) is 10.3 Å². The van der Waals surface area contributed by atoms with E-state index in [1.54, 1.807) is 0 Å². The molecule has 1 heterocycles. The van der Waals surface area contributed by atoms with Crippen molar-refractivity contribution in [2.24, 2.45) is 4.99 Å². The molecule has 0 radical (unpaired) electrons. The average Bonchev–Trinajstić information content (AvgIpc) is 2.71. The van der Waals surface area contributed by atoms with Crippen LogP contribution in [-0.4, -0.2) is 17.0 Å². The SMILES string of the molecule is CCC1CSC(Nc2c(F)cccc2F)=N1. The van der Waals surface area contributed by atoms with Crippen molar-refractivity contribution in [3.63, 3.8) is 0 Å². The monoisotopic (exact) mass is 242 g/mol. The Bertz CT molecular complexity index is 400. The maximum atomic E-state index is 13.3. The zero-order valence-electron chi connectivity index (χ0n) is 8.84. The Balaban J connectivity index is 2.16. The van der Waals surface area contributed by atoms with Crippen molar-refractivity contribution in [2.75, 3.05) is 11.1 Å². The molecular formula is C11H12F2N2S. The van der Waals surface area contributed by atoms with Gasteiger partial charge in [-0.25, -0.2) is 8.78 Å². The summed E-state index contributed by atoms with van der Waals surface area (Å²) in [5.41, 5.74) is -0.120. The van der Waals surface area contributed by atoms with E-state index in [-0.39, 0.29) is 11.7 Å². The Labute approximate surface area is 97.1 Å². The summed E-state index contributed by atoms with van der Waals surface area (Å²) in [5.74, 6) is -0.318. The van der Waals surface area contributed by atoms with Crippen molar-refractivity contribution >= 4 is 22.6 Å². The first-order valence-corrected chi connectivity index (χ1v) is 6.11. The van der Waals surface area contributed by atoms with Gasteiger partial charge in [-0.2, -0.15) is 0 Å². The van der Waals surface area contributed by atoms with Gasteiger partial charge in [0.25, 0.3) is 0 Å². The molecule has 0 spiro atoms. The van der Waals surface area contributed by atoms with Crippen LogP contribution < -0.4 is 5.32 Å². The van der Waals surface area contributed by atoms with E-state index >= 15 is 0 Å². The first-order chi connectivity index (χ1) is 7.70. The minimum absolute atomic E-state index is 0.120. The van der Waals surface area contributed by atoms with Crippen LogP contribution in [0.2, 0.25) is 0 Å². The number of anilines is 1. The molecule has 5 heteroatoms. The summed E-state index contributed by atoms with van der Waals surface area (Å²) in [6.45, 7) is 2.04. The second-order valence-electron chi connectivity index (χ2n) is 3.53. The van der Waals surface area contributed by atoms with Crippen LogP contribution in [0.3, 0.4) is 0 Å². The minimum Gasteiger partial charge on any atom is -0.330 e. The Kier molecular flexibility index (Phi) is 3.43. The molecule has 0 fully saturated rings. The molecule has 0 saturated carbocycles. The number of rotatable bonds is 2. The van der Waals surface area contributed by atoms with Gasteiger partial charge in [-0.3, -0.25) is 4.99 Å². The Morgan fingerprint density at radius 2 is 2.12 bits per heavy atom. The van der Waals surface area contributed by atoms with Gasteiger partial charge in [0.2, 0.25) is 0 Å². The van der Waals surface area contributed by atoms with Crippen molar-refractivity contribution in [3.8, 4) is 0 Å². The lowest BCUT2D eigenvalue weighted by molar-refractivity contribution is 0.591. The number of nitrogens with zero attached hydrogens (tertiary/aromatic N) is 1. The lowest BCUT2D eigenvalue weighted by Gasteiger charge is -2.06. The van der Waals surface area contributed by atoms with Crippen LogP contribution in [0.4, 0.5) is 14.5 Å². The van der Waals surface area contributed by atoms with Crippen molar-refractivity contribution in [3.05, 3.63) is 29.8 Å². The highest BCUT2D eigenvalue weighted by molar-refractivity contribution is 8.14. The highest BCUT2D eigenvalue weighted by atomic mass is 32.2. The molecule has 1 unspecified atom stereocenters. The molecule has 2 rings (SSSR count). The van der Waals surface area contributed by atoms with Gasteiger partial charge in [-0.05, 0) is 18.6 Å². The van der Waals surface area contributed by atoms with Crippen molar-refractivity contribution < 1.29 is 8.78 Å². The fourth-order valence-electron chi connectivity index (χ4n) is 1.42. The largest absolute Gasteiger partial charge is 0.330 e. The second-order valence-corrected chi connectivity index (χ2v) is 4.54. The Morgan fingerprint density at radius 3 is 2.69 bits per heavy atom. The quantitative estimate of drug-likeness (QED) is 0.860. The third-order valence-corrected chi connectivity index (χ3v) is 3.41. The van der Waals surface area contributed by atoms with Gasteiger partial charge < -0.3 is 5.32 Å². The lowest BCUT2D eigenvalue weighted by atomic mass is 10.3. The fourth-order valence-corrected chi connectivity index (χ4v) is 2.48. The van der Waals surface area contributed by atoms with E-state index in [1.807, 2.05) is 6.92 Å². The second kappa shape index (κ2) is 4.82. The number of para-hydroxylation sites is 1. The lowest BCUT2D eigenvalue weighted by Crippen LogP contribution is -2.08. The summed E-state index contributed by atoms with van der Waals surface area (Å²) in [7, 11) is 0. The zero-order valence-corrected chi connectivity index (χ0v) is 9.65. The summed E-state index contributed by atoms with van der Waals surface area (Å²) in [5, 5.41) is 3.30. The molecule has 0 saturated heterocycles. The molecule has 1 aliphatic heterocycles. The predicted octanol–water partition coefficient (Wildman–Crippen LogP) is 3.26. The molecule has 1 aliphatic rings. The summed E-state index contributed by atoms with van der Waals surface area (Å²) in [4.78, 5) is 4.32. The van der Waals surface area contributed by atoms with E-state index < -0.39 is 11.6 Å². The molecule has 1 aromatic carbocycles. The maximum Gasteiger partial charge on any atom is 0.161 e. The Hall–Kier alpha value is -1.10. The molecule has 1 aromatic rings. The van der Waals surface area contributed by atoms with Gasteiger partial charge in [0.05, 0.1) is 6.04 Å². The number of halogens is 2. The molecule has 1 N–H and O–H groups in total. The molecule has 1 atom stereocenters. The predicted molar refractivity (Wildman–Crippen MR) is 64.0 cm³/mol. The van der Waals surface area contributed by atoms with Crippen LogP contribution in [0.5, 0.6) is 0 Å². The van der Waals surface area contributed by atoms with Gasteiger partial charge in [-0.15, -0.1) is 0 Å². The number of hydrogen-bond donors (Lipinski definition) is 1. The molecular weight excluding hydrogens is 230 g/mol. The highest BCUT2D eigenvalue weighted by Gasteiger charge is 2.18. The van der Waals surface area contributed by atoms with Gasteiger partial charge in [0.1, 0.15) is 17.3 Å². The van der Waals surface area contributed by atoms with Gasteiger partial charge in [0, 0.05) is 5.75 Å². The van der Waals surface area contributed by atoms with E-state index in [4.69, 9.17) is 0 Å². The molecule has 0 aromatic heterocycles. The normalized spacial score (nSPS) is 19.7. The van der Waals surface area contributed by atoms with Crippen LogP contribution in [-0.2, 0) is 0 Å². The third kappa shape index (κ3) is 2.35. The van der Waals surface area contributed by atoms with Crippen LogP contribution in [0.15, 0.2) is 23.2 Å². The number of benzene rings is 1. The topological polar surface area (TPSA) is 24.4 Å². The summed E-state index contributed by atoms with van der Waals surface area (Å²) >= 11 is 1.49. The first kappa shape index (κ1) is 11.4. The van der Waals surface area contributed by atoms with E-state index in [0.717, 1.165) is 12.2 Å². The maximum absolute atomic E-state index is 13.3. The Morgan fingerprint density at radius 1 is 1.44 bits per heavy atom. The van der Waals surface area contributed by atoms with Crippen LogP contribution in [0.1, 0.15) is 13.3 Å². The van der Waals surface area contributed by atoms with E-state index in [9.17, 15) is 8.78 Å². The highest BCUT2D eigenvalue weighted by Crippen LogP contribution is 2.24. The summed E-state index contributed by atoms with van der Waals surface area (Å²) in [6.07, 6.45) is 0.942. The number of hydrogen-bond acceptors (Lipinski definition) is 3. The smallest absolute Gasteiger partial charge is 0.161 e. The van der Waals surface area contributed by atoms with Crippen molar-refractivity contribution in [1.29, 1.82) is 0 Å². The molecule has 0 bridgehead atoms. The minimum atomic E-state index is -0.594. The average molecular weight is 242 g/mol. The van der Waals surface area contributed by atoms with Gasteiger partial charge >= 0.3 is 0 Å². The summed E-state index contributed by atoms with van der Waals surface area (Å²) in [6, 6.07) is 4.04. The third-order valence-electron chi connectivity index (χ3n) is 2.38. The number of aliphatic imine (C=N–C) groups is 1. The van der Waals surface area contributed by atoms with E-state index in [0.29, 0.717) is 5.17 Å². The van der Waals surface area contributed by atoms with E-state index in [1.165, 1.54) is 30.0 Å². The number of thioether (sulfide) groups is 1. The summed E-state index contributed by atoms with van der Waals surface area (Å²) < 4.78 is 26.6. The molecule has 2 nitrogen and oxygen atoms in total.